The van der Waals surface area contributed by atoms with E-state index in [4.69, 9.17) is 55.0 Å². The van der Waals surface area contributed by atoms with Gasteiger partial charge < -0.3 is 43.1 Å². The fourth-order valence-corrected chi connectivity index (χ4v) is 11.1. The first kappa shape index (κ1) is 58.0. The Labute approximate surface area is 482 Å². The van der Waals surface area contributed by atoms with Crippen LogP contribution in [-0.2, 0) is 32.4 Å². The summed E-state index contributed by atoms with van der Waals surface area (Å²) >= 11 is 7.34. The van der Waals surface area contributed by atoms with Crippen molar-refractivity contribution in [1.82, 2.24) is 24.8 Å². The van der Waals surface area contributed by atoms with E-state index in [0.717, 1.165) is 22.3 Å². The van der Waals surface area contributed by atoms with Crippen molar-refractivity contribution in [2.75, 3.05) is 76.5 Å². The summed E-state index contributed by atoms with van der Waals surface area (Å²) < 4.78 is 130. The highest BCUT2D eigenvalue weighted by atomic mass is 35.5. The second-order valence-corrected chi connectivity index (χ2v) is 21.0. The Morgan fingerprint density at radius 3 is 1.75 bits per heavy atom. The van der Waals surface area contributed by atoms with Gasteiger partial charge in [0.1, 0.15) is 59.2 Å². The van der Waals surface area contributed by atoms with Crippen LogP contribution >= 0.6 is 11.6 Å². The highest BCUT2D eigenvalue weighted by Crippen LogP contribution is 2.52. The van der Waals surface area contributed by atoms with E-state index in [0.29, 0.717) is 47.5 Å². The zero-order valence-corrected chi connectivity index (χ0v) is 47.5. The number of aryl methyl sites for hydroxylation is 1. The number of hydrogen-bond acceptors (Lipinski definition) is 14. The van der Waals surface area contributed by atoms with Gasteiger partial charge in [0.25, 0.3) is 5.92 Å². The lowest BCUT2D eigenvalue weighted by Crippen LogP contribution is -2.33. The third-order valence-electron chi connectivity index (χ3n) is 15.0. The number of pyridine rings is 2. The van der Waals surface area contributed by atoms with Gasteiger partial charge in [-0.3, -0.25) is 4.90 Å². The molecule has 8 aromatic rings. The second kappa shape index (κ2) is 24.3. The number of likely N-dealkylation sites (N-methyl/N-ethyl adjacent to an activating group) is 1. The molecule has 1 saturated heterocycles. The lowest BCUT2D eigenvalue weighted by Gasteiger charge is -2.33. The average molecular weight is 1160 g/mol. The van der Waals surface area contributed by atoms with Crippen molar-refractivity contribution in [2.45, 2.75) is 70.6 Å². The summed E-state index contributed by atoms with van der Waals surface area (Å²) in [7, 11) is 7.82. The van der Waals surface area contributed by atoms with Crippen molar-refractivity contribution in [2.24, 2.45) is 0 Å². The van der Waals surface area contributed by atoms with Gasteiger partial charge in [-0.15, -0.1) is 0 Å². The van der Waals surface area contributed by atoms with Crippen LogP contribution < -0.4 is 43.1 Å². The average Bonchev–Trinajstić information content (AvgIpc) is 2.24. The highest BCUT2D eigenvalue weighted by molar-refractivity contribution is 6.36. The number of rotatable bonds is 20. The molecule has 0 amide bonds. The lowest BCUT2D eigenvalue weighted by molar-refractivity contribution is -0.137. The normalized spacial score (nSPS) is 15.3. The molecule has 2 atom stereocenters. The second-order valence-electron chi connectivity index (χ2n) is 20.6. The number of halogens is 7. The van der Waals surface area contributed by atoms with Gasteiger partial charge in [0.05, 0.1) is 74.8 Å². The number of aromatic nitrogens is 4. The van der Waals surface area contributed by atoms with Gasteiger partial charge in [-0.05, 0) is 109 Å². The molecule has 434 valence electrons. The third kappa shape index (κ3) is 12.6. The van der Waals surface area contributed by atoms with Crippen molar-refractivity contribution >= 4 is 40.0 Å². The van der Waals surface area contributed by atoms with Crippen molar-refractivity contribution in [1.29, 1.82) is 0 Å². The lowest BCUT2D eigenvalue weighted by atomic mass is 9.98. The van der Waals surface area contributed by atoms with Crippen LogP contribution in [0.25, 0.3) is 22.2 Å². The minimum atomic E-state index is -5.08. The molecule has 0 unspecified atom stereocenters. The number of benzene rings is 5. The number of hydrogen-bond donors (Lipinski definition) is 0. The molecule has 0 N–H and O–H groups in total. The summed E-state index contributed by atoms with van der Waals surface area (Å²) in [5.41, 5.74) is 0.629. The van der Waals surface area contributed by atoms with Crippen LogP contribution in [-0.4, -0.2) is 98.6 Å². The predicted octanol–water partition coefficient (Wildman–Crippen LogP) is 13.3. The molecule has 1 fully saturated rings. The van der Waals surface area contributed by atoms with E-state index in [1.54, 1.807) is 76.9 Å². The van der Waals surface area contributed by atoms with Gasteiger partial charge in [0.15, 0.2) is 11.6 Å². The van der Waals surface area contributed by atoms with E-state index >= 15 is 17.6 Å². The fourth-order valence-electron chi connectivity index (χ4n) is 10.7. The quantitative estimate of drug-likeness (QED) is 0.0673. The number of methoxy groups -OCH3 is 4. The Morgan fingerprint density at radius 2 is 1.27 bits per heavy atom. The van der Waals surface area contributed by atoms with Crippen LogP contribution in [0.4, 0.5) is 43.8 Å². The maximum Gasteiger partial charge on any atom is 0.418 e. The highest BCUT2D eigenvalue weighted by Gasteiger charge is 2.44. The van der Waals surface area contributed by atoms with E-state index in [2.05, 4.69) is 9.88 Å². The number of nitrogens with zero attached hydrogens (tertiary/aromatic N) is 8. The number of likely N-dealkylation sites (tertiary alicyclic amines) is 1. The summed E-state index contributed by atoms with van der Waals surface area (Å²) in [4.78, 5) is 26.3. The first-order chi connectivity index (χ1) is 39.8. The SMILES string of the molecule is COc1ccc(CN(Cc2ccc(OC)cc2)c2cc(C)c(C(F)(F)F)c(-c3c(Cl)c4c5c(nc(OC[C@@H]6CC(F)(F)CN6C)nc5c3F)N([C@H](C)c3cccnc3N(Cc3ccc(OC)cc3)Cc3ccc(OC)cc3)CCO4)n2)cc1. The van der Waals surface area contributed by atoms with Gasteiger partial charge in [-0.25, -0.2) is 23.1 Å². The topological polar surface area (TPSA) is 120 Å². The molecule has 3 aromatic heterocycles. The molecule has 21 heteroatoms. The van der Waals surface area contributed by atoms with Crippen molar-refractivity contribution < 1.29 is 54.8 Å². The van der Waals surface area contributed by atoms with E-state index in [1.807, 2.05) is 90.7 Å². The van der Waals surface area contributed by atoms with E-state index < -0.39 is 76.3 Å². The van der Waals surface area contributed by atoms with Gasteiger partial charge >= 0.3 is 12.2 Å². The Morgan fingerprint density at radius 1 is 0.747 bits per heavy atom. The van der Waals surface area contributed by atoms with Crippen molar-refractivity contribution in [3.8, 4) is 46.0 Å². The number of alkyl halides is 5. The third-order valence-corrected chi connectivity index (χ3v) is 15.4. The Balaban J connectivity index is 1.13. The molecule has 0 spiro atoms. The molecular formula is C62H61ClF6N8O6. The summed E-state index contributed by atoms with van der Waals surface area (Å²) in [5, 5.41) is -0.560. The number of anilines is 3. The van der Waals surface area contributed by atoms with Crippen LogP contribution in [0.5, 0.6) is 34.8 Å². The molecule has 2 aliphatic heterocycles. The standard InChI is InChI=1S/C62H61ClF6N8O6/c1-37-29-49(75(31-39-10-18-44(78-4)19-11-39)32-40-12-20-45(79-5)21-13-40)71-55(52(37)62(67,68)69)50-53(63)57-51-56(54(50)64)72-60(83-35-43-30-61(65,66)36-74(43)3)73-59(51)77(27-28-82-57)38(2)48-9-8-26-70-58(48)76(33-41-14-22-46(80-6)23-15-41)34-42-16-24-47(81-7)25-17-42/h8-26,29,38,43H,27-28,30-36H2,1-7H3/t38-,43+/m1/s1. The smallest absolute Gasteiger partial charge is 0.418 e. The maximum absolute atomic E-state index is 18.5. The molecule has 0 radical (unpaired) electrons. The Kier molecular flexibility index (Phi) is 17.0. The van der Waals surface area contributed by atoms with Gasteiger partial charge in [-0.1, -0.05) is 66.2 Å². The summed E-state index contributed by atoms with van der Waals surface area (Å²) in [6.07, 6.45) is -3.92. The van der Waals surface area contributed by atoms with Crippen LogP contribution in [0.1, 0.15) is 58.3 Å². The van der Waals surface area contributed by atoms with E-state index in [1.165, 1.54) is 17.9 Å². The maximum atomic E-state index is 18.5. The first-order valence-electron chi connectivity index (χ1n) is 26.7. The molecule has 0 saturated carbocycles. The molecule has 83 heavy (non-hydrogen) atoms. The molecule has 2 aliphatic rings. The molecule has 0 aliphatic carbocycles. The zero-order valence-electron chi connectivity index (χ0n) is 46.7. The minimum Gasteiger partial charge on any atom is -0.497 e. The van der Waals surface area contributed by atoms with Gasteiger partial charge in [0.2, 0.25) is 0 Å². The molecule has 10 rings (SSSR count). The monoisotopic (exact) mass is 1160 g/mol. The summed E-state index contributed by atoms with van der Waals surface area (Å²) in [6.45, 7) is 3.43. The number of ether oxygens (including phenoxy) is 6. The van der Waals surface area contributed by atoms with E-state index in [9.17, 15) is 8.78 Å². The molecule has 5 heterocycles. The van der Waals surface area contributed by atoms with Gasteiger partial charge in [-0.2, -0.15) is 23.1 Å². The molecular weight excluding hydrogens is 1100 g/mol. The molecule has 5 aromatic carbocycles. The fraction of sp³-hybridized carbons (Fsp3) is 0.323. The largest absolute Gasteiger partial charge is 0.497 e. The Bertz CT molecular complexity index is 3490. The predicted molar refractivity (Wildman–Crippen MR) is 306 cm³/mol. The van der Waals surface area contributed by atoms with Gasteiger partial charge in [0, 0.05) is 50.4 Å². The van der Waals surface area contributed by atoms with Crippen molar-refractivity contribution in [3.05, 3.63) is 171 Å². The van der Waals surface area contributed by atoms with Crippen LogP contribution in [0.3, 0.4) is 0 Å². The zero-order chi connectivity index (χ0) is 58.7. The van der Waals surface area contributed by atoms with Crippen LogP contribution in [0.15, 0.2) is 121 Å². The Hall–Kier alpha value is -8.23. The first-order valence-corrected chi connectivity index (χ1v) is 27.1. The minimum absolute atomic E-state index is 0.0571. The molecule has 14 nitrogen and oxygen atoms in total. The van der Waals surface area contributed by atoms with E-state index in [-0.39, 0.29) is 61.2 Å². The summed E-state index contributed by atoms with van der Waals surface area (Å²) in [6, 6.07) is 33.0. The molecule has 0 bridgehead atoms. The summed E-state index contributed by atoms with van der Waals surface area (Å²) in [5.74, 6) is -1.15. The van der Waals surface area contributed by atoms with Crippen LogP contribution in [0, 0.1) is 12.7 Å². The van der Waals surface area contributed by atoms with Crippen LogP contribution in [0.2, 0.25) is 5.02 Å². The van der Waals surface area contributed by atoms with Crippen molar-refractivity contribution in [3.63, 3.8) is 0 Å².